The Kier molecular flexibility index (Phi) is 5.10. The summed E-state index contributed by atoms with van der Waals surface area (Å²) in [4.78, 5) is 0. The van der Waals surface area contributed by atoms with Crippen LogP contribution in [0.1, 0.15) is 59.3 Å². The number of hydrogen-bond acceptors (Lipinski definition) is 1. The zero-order chi connectivity index (χ0) is 14.0. The van der Waals surface area contributed by atoms with Gasteiger partial charge in [-0.15, -0.1) is 0 Å². The fourth-order valence-corrected chi connectivity index (χ4v) is 2.65. The Morgan fingerprint density at radius 2 is 1.56 bits per heavy atom. The highest BCUT2D eigenvalue weighted by molar-refractivity contribution is 4.81. The lowest BCUT2D eigenvalue weighted by molar-refractivity contribution is -0.185. The number of halogens is 3. The predicted octanol–water partition coefficient (Wildman–Crippen LogP) is 4.54. The molecule has 0 aromatic rings. The van der Waals surface area contributed by atoms with Gasteiger partial charge in [0.2, 0.25) is 0 Å². The summed E-state index contributed by atoms with van der Waals surface area (Å²) in [6.45, 7) is 6.33. The van der Waals surface area contributed by atoms with E-state index in [1.807, 2.05) is 0 Å². The topological polar surface area (TPSA) is 20.2 Å². The highest BCUT2D eigenvalue weighted by Gasteiger charge is 2.42. The third-order valence-electron chi connectivity index (χ3n) is 3.97. The van der Waals surface area contributed by atoms with Crippen molar-refractivity contribution < 1.29 is 18.3 Å². The molecule has 18 heavy (non-hydrogen) atoms. The van der Waals surface area contributed by atoms with Crippen molar-refractivity contribution in [1.82, 2.24) is 0 Å². The lowest BCUT2D eigenvalue weighted by Gasteiger charge is -2.33. The van der Waals surface area contributed by atoms with Crippen molar-refractivity contribution in [3.63, 3.8) is 0 Å². The van der Waals surface area contributed by atoms with Gasteiger partial charge in [0.15, 0.2) is 0 Å². The summed E-state index contributed by atoms with van der Waals surface area (Å²) >= 11 is 0. The van der Waals surface area contributed by atoms with E-state index in [2.05, 4.69) is 20.8 Å². The van der Waals surface area contributed by atoms with Crippen LogP contribution in [0.25, 0.3) is 0 Å². The van der Waals surface area contributed by atoms with Crippen LogP contribution in [0.5, 0.6) is 0 Å². The molecule has 0 heterocycles. The van der Waals surface area contributed by atoms with Crippen LogP contribution in [0, 0.1) is 17.3 Å². The summed E-state index contributed by atoms with van der Waals surface area (Å²) in [5.74, 6) is -1.09. The molecule has 108 valence electrons. The molecule has 0 aliphatic heterocycles. The molecule has 0 saturated heterocycles. The van der Waals surface area contributed by atoms with E-state index >= 15 is 0 Å². The zero-order valence-corrected chi connectivity index (χ0v) is 11.6. The average molecular weight is 266 g/mol. The maximum atomic E-state index is 12.5. The van der Waals surface area contributed by atoms with E-state index in [1.54, 1.807) is 0 Å². The van der Waals surface area contributed by atoms with E-state index in [1.165, 1.54) is 0 Å². The van der Waals surface area contributed by atoms with E-state index in [0.29, 0.717) is 19.3 Å². The molecule has 1 unspecified atom stereocenters. The summed E-state index contributed by atoms with van der Waals surface area (Å²) in [6, 6.07) is 0. The van der Waals surface area contributed by atoms with Gasteiger partial charge in [-0.1, -0.05) is 20.8 Å². The van der Waals surface area contributed by atoms with Gasteiger partial charge in [0.1, 0.15) is 0 Å². The van der Waals surface area contributed by atoms with E-state index in [0.717, 1.165) is 6.42 Å². The molecule has 1 nitrogen and oxygen atoms in total. The minimum atomic E-state index is -4.05. The van der Waals surface area contributed by atoms with E-state index in [9.17, 15) is 18.3 Å². The molecule has 0 aromatic heterocycles. The molecule has 0 aromatic carbocycles. The Bertz CT molecular complexity index is 247. The zero-order valence-electron chi connectivity index (χ0n) is 11.6. The third-order valence-corrected chi connectivity index (χ3v) is 3.97. The van der Waals surface area contributed by atoms with Crippen LogP contribution in [0.4, 0.5) is 13.2 Å². The first kappa shape index (κ1) is 15.8. The molecule has 1 N–H and O–H groups in total. The van der Waals surface area contributed by atoms with Crippen molar-refractivity contribution >= 4 is 0 Å². The number of aliphatic hydroxyl groups is 1. The second-order valence-corrected chi connectivity index (χ2v) is 6.82. The smallest absolute Gasteiger partial charge is 0.391 e. The molecular weight excluding hydrogens is 241 g/mol. The van der Waals surface area contributed by atoms with Crippen LogP contribution in [0.2, 0.25) is 0 Å². The molecule has 1 rings (SSSR count). The normalized spacial score (nSPS) is 28.2. The molecule has 1 atom stereocenters. The molecule has 0 amide bonds. The Morgan fingerprint density at radius 1 is 1.06 bits per heavy atom. The highest BCUT2D eigenvalue weighted by atomic mass is 19.4. The first-order chi connectivity index (χ1) is 8.09. The van der Waals surface area contributed by atoms with E-state index in [4.69, 9.17) is 0 Å². The van der Waals surface area contributed by atoms with Crippen molar-refractivity contribution in [2.24, 2.45) is 17.3 Å². The van der Waals surface area contributed by atoms with E-state index < -0.39 is 18.2 Å². The Morgan fingerprint density at radius 3 is 1.94 bits per heavy atom. The van der Waals surface area contributed by atoms with Gasteiger partial charge in [-0.3, -0.25) is 0 Å². The molecular formula is C14H25F3O. The quantitative estimate of drug-likeness (QED) is 0.795. The third kappa shape index (κ3) is 5.17. The second kappa shape index (κ2) is 5.81. The van der Waals surface area contributed by atoms with Crippen LogP contribution >= 0.6 is 0 Å². The second-order valence-electron chi connectivity index (χ2n) is 6.82. The monoisotopic (exact) mass is 266 g/mol. The molecule has 1 aliphatic carbocycles. The summed E-state index contributed by atoms with van der Waals surface area (Å²) in [5.41, 5.74) is 0.171. The van der Waals surface area contributed by atoms with Gasteiger partial charge >= 0.3 is 6.18 Å². The molecule has 1 fully saturated rings. The van der Waals surface area contributed by atoms with Crippen molar-refractivity contribution in [2.75, 3.05) is 0 Å². The molecule has 1 saturated carbocycles. The standard InChI is InChI=1S/C14H25F3O/c1-13(2,3)9-8-12(18)10-4-6-11(7-5-10)14(15,16)17/h10-12,18H,4-9H2,1-3H3. The summed E-state index contributed by atoms with van der Waals surface area (Å²) in [6.07, 6.45) is -1.50. The lowest BCUT2D eigenvalue weighted by atomic mass is 9.77. The highest BCUT2D eigenvalue weighted by Crippen LogP contribution is 2.41. The summed E-state index contributed by atoms with van der Waals surface area (Å²) in [5, 5.41) is 10.0. The van der Waals surface area contributed by atoms with Crippen molar-refractivity contribution in [3.8, 4) is 0 Å². The maximum Gasteiger partial charge on any atom is 0.391 e. The summed E-state index contributed by atoms with van der Waals surface area (Å²) < 4.78 is 37.5. The van der Waals surface area contributed by atoms with Crippen LogP contribution in [-0.2, 0) is 0 Å². The van der Waals surface area contributed by atoms with Gasteiger partial charge in [0.05, 0.1) is 12.0 Å². The van der Waals surface area contributed by atoms with Gasteiger partial charge in [-0.05, 0) is 49.9 Å². The molecule has 4 heteroatoms. The average Bonchev–Trinajstić information content (AvgIpc) is 2.24. The predicted molar refractivity (Wildman–Crippen MR) is 66.2 cm³/mol. The van der Waals surface area contributed by atoms with Gasteiger partial charge in [-0.25, -0.2) is 0 Å². The maximum absolute atomic E-state index is 12.5. The molecule has 0 bridgehead atoms. The number of hydrogen-bond donors (Lipinski definition) is 1. The fraction of sp³-hybridized carbons (Fsp3) is 1.00. The minimum absolute atomic E-state index is 0.0611. The van der Waals surface area contributed by atoms with Crippen LogP contribution in [0.15, 0.2) is 0 Å². The van der Waals surface area contributed by atoms with Crippen LogP contribution in [-0.4, -0.2) is 17.4 Å². The van der Waals surface area contributed by atoms with Crippen molar-refractivity contribution in [2.45, 2.75) is 71.6 Å². The largest absolute Gasteiger partial charge is 0.393 e. The SMILES string of the molecule is CC(C)(C)CCC(O)C1CCC(C(F)(F)F)CC1. The van der Waals surface area contributed by atoms with Crippen molar-refractivity contribution in [3.05, 3.63) is 0 Å². The summed E-state index contributed by atoms with van der Waals surface area (Å²) in [7, 11) is 0. The number of rotatable bonds is 3. The molecule has 0 radical (unpaired) electrons. The number of alkyl halides is 3. The first-order valence-electron chi connectivity index (χ1n) is 6.84. The van der Waals surface area contributed by atoms with Gasteiger partial charge in [0.25, 0.3) is 0 Å². The lowest BCUT2D eigenvalue weighted by Crippen LogP contribution is -2.32. The molecule has 0 spiro atoms. The number of aliphatic hydroxyl groups excluding tert-OH is 1. The Balaban J connectivity index is 2.34. The first-order valence-corrected chi connectivity index (χ1v) is 6.84. The minimum Gasteiger partial charge on any atom is -0.393 e. The Labute approximate surface area is 108 Å². The Hall–Kier alpha value is -0.250. The van der Waals surface area contributed by atoms with Gasteiger partial charge < -0.3 is 5.11 Å². The van der Waals surface area contributed by atoms with Gasteiger partial charge in [-0.2, -0.15) is 13.2 Å². The van der Waals surface area contributed by atoms with Crippen molar-refractivity contribution in [1.29, 1.82) is 0 Å². The van der Waals surface area contributed by atoms with Crippen LogP contribution < -0.4 is 0 Å². The molecule has 1 aliphatic rings. The van der Waals surface area contributed by atoms with Gasteiger partial charge in [0, 0.05) is 0 Å². The van der Waals surface area contributed by atoms with Crippen LogP contribution in [0.3, 0.4) is 0 Å². The van der Waals surface area contributed by atoms with E-state index in [-0.39, 0.29) is 24.2 Å². The fourth-order valence-electron chi connectivity index (χ4n) is 2.65.